The Kier molecular flexibility index (Phi) is 4.98. The van der Waals surface area contributed by atoms with E-state index in [-0.39, 0.29) is 5.91 Å². The van der Waals surface area contributed by atoms with E-state index in [0.717, 1.165) is 11.0 Å². The molecule has 1 aromatic heterocycles. The fourth-order valence-electron chi connectivity index (χ4n) is 1.63. The average molecular weight is 355 g/mol. The highest BCUT2D eigenvalue weighted by Crippen LogP contribution is 2.25. The predicted octanol–water partition coefficient (Wildman–Crippen LogP) is 4.18. The number of nitrogens with zero attached hydrogens (tertiary/aromatic N) is 1. The van der Waals surface area contributed by atoms with Crippen molar-refractivity contribution in [2.75, 3.05) is 17.2 Å². The fraction of sp³-hybridized carbons (Fsp3) is 0.143. The zero-order valence-electron chi connectivity index (χ0n) is 10.8. The number of hydrogen-bond donors (Lipinski definition) is 2. The zero-order chi connectivity index (χ0) is 14.5. The van der Waals surface area contributed by atoms with E-state index in [4.69, 9.17) is 11.6 Å². The summed E-state index contributed by atoms with van der Waals surface area (Å²) in [7, 11) is 0. The van der Waals surface area contributed by atoms with Crippen LogP contribution < -0.4 is 10.6 Å². The number of halogens is 2. The van der Waals surface area contributed by atoms with Gasteiger partial charge in [0.05, 0.1) is 5.02 Å². The maximum absolute atomic E-state index is 12.2. The van der Waals surface area contributed by atoms with Gasteiger partial charge in [0.1, 0.15) is 5.82 Å². The van der Waals surface area contributed by atoms with Gasteiger partial charge >= 0.3 is 0 Å². The van der Waals surface area contributed by atoms with Crippen LogP contribution in [0.5, 0.6) is 0 Å². The quantitative estimate of drug-likeness (QED) is 0.866. The fourth-order valence-corrected chi connectivity index (χ4v) is 2.12. The minimum Gasteiger partial charge on any atom is -0.370 e. The number of pyridine rings is 1. The van der Waals surface area contributed by atoms with Gasteiger partial charge in [-0.15, -0.1) is 0 Å². The Labute approximate surface area is 130 Å². The number of aromatic nitrogens is 1. The number of anilines is 2. The first-order valence-corrected chi connectivity index (χ1v) is 7.23. The minimum absolute atomic E-state index is 0.194. The molecule has 104 valence electrons. The molecule has 0 spiro atoms. The molecule has 0 saturated carbocycles. The Morgan fingerprint density at radius 1 is 1.35 bits per heavy atom. The lowest BCUT2D eigenvalue weighted by molar-refractivity contribution is 0.102. The molecule has 0 saturated heterocycles. The maximum Gasteiger partial charge on any atom is 0.255 e. The van der Waals surface area contributed by atoms with Crippen LogP contribution in [-0.2, 0) is 0 Å². The van der Waals surface area contributed by atoms with Crippen molar-refractivity contribution in [3.05, 3.63) is 51.6 Å². The Bertz CT molecular complexity index is 634. The molecule has 6 heteroatoms. The summed E-state index contributed by atoms with van der Waals surface area (Å²) in [5.74, 6) is 0.484. The lowest BCUT2D eigenvalue weighted by Gasteiger charge is -2.08. The molecule has 1 heterocycles. The van der Waals surface area contributed by atoms with Crippen LogP contribution in [0.25, 0.3) is 0 Å². The van der Waals surface area contributed by atoms with Gasteiger partial charge in [-0.05, 0) is 53.2 Å². The third-order valence-electron chi connectivity index (χ3n) is 2.56. The summed E-state index contributed by atoms with van der Waals surface area (Å²) >= 11 is 9.23. The minimum atomic E-state index is -0.194. The third kappa shape index (κ3) is 3.71. The van der Waals surface area contributed by atoms with E-state index in [1.165, 1.54) is 0 Å². The second kappa shape index (κ2) is 6.72. The van der Waals surface area contributed by atoms with Crippen LogP contribution in [0.4, 0.5) is 11.5 Å². The molecule has 1 amide bonds. The molecule has 0 atom stereocenters. The van der Waals surface area contributed by atoms with Crippen LogP contribution in [-0.4, -0.2) is 17.4 Å². The van der Waals surface area contributed by atoms with Gasteiger partial charge in [0, 0.05) is 28.5 Å². The molecule has 0 unspecified atom stereocenters. The monoisotopic (exact) mass is 353 g/mol. The first-order valence-electron chi connectivity index (χ1n) is 6.06. The molecule has 0 aliphatic rings. The topological polar surface area (TPSA) is 54.0 Å². The van der Waals surface area contributed by atoms with Crippen molar-refractivity contribution in [2.45, 2.75) is 6.92 Å². The van der Waals surface area contributed by atoms with Crippen LogP contribution >= 0.6 is 27.5 Å². The van der Waals surface area contributed by atoms with Gasteiger partial charge in [0.2, 0.25) is 0 Å². The van der Waals surface area contributed by atoms with Crippen molar-refractivity contribution in [3.63, 3.8) is 0 Å². The summed E-state index contributed by atoms with van der Waals surface area (Å²) in [5, 5.41) is 6.48. The molecule has 0 aliphatic heterocycles. The number of carbonyl (C=O) groups excluding carboxylic acids is 1. The molecular weight excluding hydrogens is 342 g/mol. The van der Waals surface area contributed by atoms with E-state index < -0.39 is 0 Å². The van der Waals surface area contributed by atoms with Gasteiger partial charge in [0.25, 0.3) is 5.91 Å². The number of hydrogen-bond acceptors (Lipinski definition) is 3. The largest absolute Gasteiger partial charge is 0.370 e. The third-order valence-corrected chi connectivity index (χ3v) is 3.77. The first-order chi connectivity index (χ1) is 9.60. The molecule has 0 fully saturated rings. The maximum atomic E-state index is 12.2. The molecule has 20 heavy (non-hydrogen) atoms. The van der Waals surface area contributed by atoms with E-state index in [9.17, 15) is 4.79 Å². The highest BCUT2D eigenvalue weighted by molar-refractivity contribution is 9.10. The molecule has 4 nitrogen and oxygen atoms in total. The lowest BCUT2D eigenvalue weighted by Crippen LogP contribution is -2.12. The summed E-state index contributed by atoms with van der Waals surface area (Å²) in [5.41, 5.74) is 1.22. The van der Waals surface area contributed by atoms with E-state index in [0.29, 0.717) is 22.1 Å². The Morgan fingerprint density at radius 2 is 2.15 bits per heavy atom. The molecule has 2 N–H and O–H groups in total. The van der Waals surface area contributed by atoms with Gasteiger partial charge in [-0.25, -0.2) is 4.98 Å². The van der Waals surface area contributed by atoms with Gasteiger partial charge in [0.15, 0.2) is 0 Å². The van der Waals surface area contributed by atoms with Crippen LogP contribution in [0, 0.1) is 0 Å². The normalized spacial score (nSPS) is 10.2. The predicted molar refractivity (Wildman–Crippen MR) is 85.5 cm³/mol. The SMILES string of the molecule is CCNc1cc(C(=O)Nc2ccc(Cl)c(Br)c2)ccn1. The highest BCUT2D eigenvalue weighted by Gasteiger charge is 2.08. The number of nitrogens with one attached hydrogen (secondary N) is 2. The van der Waals surface area contributed by atoms with Crippen LogP contribution in [0.1, 0.15) is 17.3 Å². The second-order valence-corrected chi connectivity index (χ2v) is 5.30. The van der Waals surface area contributed by atoms with Crippen LogP contribution in [0.15, 0.2) is 41.0 Å². The summed E-state index contributed by atoms with van der Waals surface area (Å²) in [6.07, 6.45) is 1.60. The van der Waals surface area contributed by atoms with Crippen molar-refractivity contribution < 1.29 is 4.79 Å². The summed E-state index contributed by atoms with van der Waals surface area (Å²) in [6.45, 7) is 2.72. The van der Waals surface area contributed by atoms with Gasteiger partial charge in [-0.2, -0.15) is 0 Å². The van der Waals surface area contributed by atoms with Crippen LogP contribution in [0.2, 0.25) is 5.02 Å². The average Bonchev–Trinajstić information content (AvgIpc) is 2.43. The molecule has 1 aromatic carbocycles. The Morgan fingerprint density at radius 3 is 2.85 bits per heavy atom. The van der Waals surface area contributed by atoms with Gasteiger partial charge < -0.3 is 10.6 Å². The Balaban J connectivity index is 2.15. The first kappa shape index (κ1) is 14.8. The zero-order valence-corrected chi connectivity index (χ0v) is 13.1. The highest BCUT2D eigenvalue weighted by atomic mass is 79.9. The Hall–Kier alpha value is -1.59. The molecule has 0 bridgehead atoms. The molecular formula is C14H13BrClN3O. The molecule has 2 aromatic rings. The van der Waals surface area contributed by atoms with Crippen LogP contribution in [0.3, 0.4) is 0 Å². The van der Waals surface area contributed by atoms with Crippen molar-refractivity contribution >= 4 is 44.9 Å². The van der Waals surface area contributed by atoms with E-state index in [1.807, 2.05) is 6.92 Å². The van der Waals surface area contributed by atoms with E-state index in [2.05, 4.69) is 31.5 Å². The summed E-state index contributed by atoms with van der Waals surface area (Å²) < 4.78 is 0.736. The second-order valence-electron chi connectivity index (χ2n) is 4.04. The van der Waals surface area contributed by atoms with E-state index >= 15 is 0 Å². The molecule has 0 aliphatic carbocycles. The number of carbonyl (C=O) groups is 1. The number of benzene rings is 1. The number of amides is 1. The van der Waals surface area contributed by atoms with E-state index in [1.54, 1.807) is 36.5 Å². The van der Waals surface area contributed by atoms with Crippen molar-refractivity contribution in [1.82, 2.24) is 4.98 Å². The van der Waals surface area contributed by atoms with Crippen molar-refractivity contribution in [3.8, 4) is 0 Å². The van der Waals surface area contributed by atoms with Crippen molar-refractivity contribution in [2.24, 2.45) is 0 Å². The summed E-state index contributed by atoms with van der Waals surface area (Å²) in [4.78, 5) is 16.3. The van der Waals surface area contributed by atoms with Gasteiger partial charge in [-0.3, -0.25) is 4.79 Å². The van der Waals surface area contributed by atoms with Gasteiger partial charge in [-0.1, -0.05) is 11.6 Å². The standard InChI is InChI=1S/C14H13BrClN3O/c1-2-17-13-7-9(5-6-18-13)14(20)19-10-3-4-12(16)11(15)8-10/h3-8H,2H2,1H3,(H,17,18)(H,19,20). The number of rotatable bonds is 4. The smallest absolute Gasteiger partial charge is 0.255 e. The summed E-state index contributed by atoms with van der Waals surface area (Å²) in [6, 6.07) is 8.60. The molecule has 0 radical (unpaired) electrons. The van der Waals surface area contributed by atoms with Crippen molar-refractivity contribution in [1.29, 1.82) is 0 Å². The lowest BCUT2D eigenvalue weighted by atomic mass is 10.2. The molecule has 2 rings (SSSR count).